The fourth-order valence-corrected chi connectivity index (χ4v) is 4.49. The molecule has 0 aliphatic carbocycles. The first-order valence-corrected chi connectivity index (χ1v) is 11.2. The predicted octanol–water partition coefficient (Wildman–Crippen LogP) is 4.96. The van der Waals surface area contributed by atoms with Gasteiger partial charge in [0.05, 0.1) is 16.6 Å². The van der Waals surface area contributed by atoms with Crippen LogP contribution in [0.1, 0.15) is 34.5 Å². The molecule has 3 rings (SSSR count). The second kappa shape index (κ2) is 8.90. The molecule has 0 spiro atoms. The Labute approximate surface area is 182 Å². The molecule has 3 aromatic rings. The molecule has 0 saturated carbocycles. The van der Waals surface area contributed by atoms with Crippen molar-refractivity contribution in [3.63, 3.8) is 0 Å². The summed E-state index contributed by atoms with van der Waals surface area (Å²) in [6.07, 6.45) is 0. The Morgan fingerprint density at radius 2 is 1.67 bits per heavy atom. The van der Waals surface area contributed by atoms with Crippen molar-refractivity contribution in [1.29, 1.82) is 0 Å². The van der Waals surface area contributed by atoms with Gasteiger partial charge in [-0.25, -0.2) is 8.42 Å². The molecule has 0 aliphatic rings. The number of hydrogen-bond acceptors (Lipinski definition) is 3. The van der Waals surface area contributed by atoms with E-state index in [0.29, 0.717) is 16.3 Å². The highest BCUT2D eigenvalue weighted by Crippen LogP contribution is 2.24. The van der Waals surface area contributed by atoms with E-state index in [1.807, 2.05) is 38.1 Å². The minimum absolute atomic E-state index is 0.123. The first-order valence-electron chi connectivity index (χ1n) is 9.41. The average molecular weight is 443 g/mol. The van der Waals surface area contributed by atoms with Crippen LogP contribution < -0.4 is 9.62 Å². The minimum atomic E-state index is -3.78. The molecule has 1 amide bonds. The van der Waals surface area contributed by atoms with Crippen LogP contribution in [0.5, 0.6) is 0 Å². The van der Waals surface area contributed by atoms with Gasteiger partial charge < -0.3 is 5.32 Å². The number of benzene rings is 3. The molecule has 0 heterocycles. The summed E-state index contributed by atoms with van der Waals surface area (Å²) in [5, 5.41) is 3.43. The molecule has 5 nitrogen and oxygen atoms in total. The molecule has 30 heavy (non-hydrogen) atoms. The molecule has 156 valence electrons. The van der Waals surface area contributed by atoms with Gasteiger partial charge in [0.1, 0.15) is 0 Å². The molecule has 0 saturated heterocycles. The van der Waals surface area contributed by atoms with E-state index in [9.17, 15) is 13.2 Å². The number of carbonyl (C=O) groups is 1. The Balaban J connectivity index is 1.82. The quantitative estimate of drug-likeness (QED) is 0.586. The Hall–Kier alpha value is -2.83. The van der Waals surface area contributed by atoms with Crippen LogP contribution in [0.3, 0.4) is 0 Å². The highest BCUT2D eigenvalue weighted by atomic mass is 35.5. The molecular weight excluding hydrogens is 420 g/mol. The smallest absolute Gasteiger partial charge is 0.264 e. The Morgan fingerprint density at radius 3 is 2.33 bits per heavy atom. The van der Waals surface area contributed by atoms with Crippen molar-refractivity contribution < 1.29 is 13.2 Å². The molecule has 0 aliphatic heterocycles. The molecular formula is C23H23ClN2O3S. The standard InChI is InChI=1S/C23H23ClN2O3S/c1-16-7-4-5-10-22(16)17(2)25-23(27)18-8-6-9-20(15-18)26(3)30(28,29)21-13-11-19(24)12-14-21/h4-15,17H,1-3H3,(H,25,27). The van der Waals surface area contributed by atoms with Crippen molar-refractivity contribution in [2.75, 3.05) is 11.4 Å². The fourth-order valence-electron chi connectivity index (χ4n) is 3.18. The molecule has 7 heteroatoms. The lowest BCUT2D eigenvalue weighted by Crippen LogP contribution is -2.29. The second-order valence-electron chi connectivity index (χ2n) is 7.03. The van der Waals surface area contributed by atoms with Crippen LogP contribution in [0, 0.1) is 6.92 Å². The van der Waals surface area contributed by atoms with Crippen LogP contribution in [0.2, 0.25) is 5.02 Å². The number of nitrogens with one attached hydrogen (secondary N) is 1. The van der Waals surface area contributed by atoms with Crippen LogP contribution >= 0.6 is 11.6 Å². The van der Waals surface area contributed by atoms with Gasteiger partial charge in [-0.15, -0.1) is 0 Å². The third-order valence-electron chi connectivity index (χ3n) is 4.95. The Kier molecular flexibility index (Phi) is 6.48. The van der Waals surface area contributed by atoms with Crippen LogP contribution in [0.25, 0.3) is 0 Å². The van der Waals surface area contributed by atoms with Crippen LogP contribution in [-0.4, -0.2) is 21.4 Å². The van der Waals surface area contributed by atoms with E-state index < -0.39 is 10.0 Å². The van der Waals surface area contributed by atoms with Crippen molar-refractivity contribution in [1.82, 2.24) is 5.32 Å². The van der Waals surface area contributed by atoms with Crippen molar-refractivity contribution >= 4 is 33.2 Å². The van der Waals surface area contributed by atoms with E-state index in [2.05, 4.69) is 5.32 Å². The number of aryl methyl sites for hydroxylation is 1. The largest absolute Gasteiger partial charge is 0.346 e. The summed E-state index contributed by atoms with van der Waals surface area (Å²) in [7, 11) is -2.32. The Morgan fingerprint density at radius 1 is 1.00 bits per heavy atom. The molecule has 0 bridgehead atoms. The van der Waals surface area contributed by atoms with Crippen molar-refractivity contribution in [3.8, 4) is 0 Å². The highest BCUT2D eigenvalue weighted by Gasteiger charge is 2.22. The second-order valence-corrected chi connectivity index (χ2v) is 9.43. The molecule has 0 radical (unpaired) electrons. The van der Waals surface area contributed by atoms with Crippen LogP contribution in [-0.2, 0) is 10.0 Å². The summed E-state index contributed by atoms with van der Waals surface area (Å²) in [6, 6.07) is 20.2. The van der Waals surface area contributed by atoms with E-state index >= 15 is 0 Å². The number of nitrogens with zero attached hydrogens (tertiary/aromatic N) is 1. The van der Waals surface area contributed by atoms with Gasteiger partial charge in [-0.05, 0) is 67.4 Å². The monoisotopic (exact) mass is 442 g/mol. The van der Waals surface area contributed by atoms with Gasteiger partial charge in [-0.3, -0.25) is 9.10 Å². The SMILES string of the molecule is Cc1ccccc1C(C)NC(=O)c1cccc(N(C)S(=O)(=O)c2ccc(Cl)cc2)c1. The Bertz CT molecular complexity index is 1160. The van der Waals surface area contributed by atoms with Crippen LogP contribution in [0.4, 0.5) is 5.69 Å². The maximum absolute atomic E-state index is 12.9. The number of sulfonamides is 1. The van der Waals surface area contributed by atoms with E-state index in [1.54, 1.807) is 24.3 Å². The summed E-state index contributed by atoms with van der Waals surface area (Å²) < 4.78 is 27.0. The molecule has 1 N–H and O–H groups in total. The zero-order valence-corrected chi connectivity index (χ0v) is 18.5. The van der Waals surface area contributed by atoms with Gasteiger partial charge in [0.2, 0.25) is 0 Å². The normalized spacial score (nSPS) is 12.3. The lowest BCUT2D eigenvalue weighted by Gasteiger charge is -2.21. The van der Waals surface area contributed by atoms with Gasteiger partial charge >= 0.3 is 0 Å². The number of anilines is 1. The summed E-state index contributed by atoms with van der Waals surface area (Å²) in [4.78, 5) is 12.9. The number of halogens is 1. The van der Waals surface area contributed by atoms with Gasteiger partial charge in [-0.1, -0.05) is 41.9 Å². The first kappa shape index (κ1) is 21.9. The minimum Gasteiger partial charge on any atom is -0.346 e. The molecule has 1 unspecified atom stereocenters. The molecule has 3 aromatic carbocycles. The summed E-state index contributed by atoms with van der Waals surface area (Å²) in [6.45, 7) is 3.91. The highest BCUT2D eigenvalue weighted by molar-refractivity contribution is 7.92. The van der Waals surface area contributed by atoms with E-state index in [1.165, 1.54) is 31.3 Å². The summed E-state index contributed by atoms with van der Waals surface area (Å²) in [5.74, 6) is -0.273. The zero-order valence-electron chi connectivity index (χ0n) is 17.0. The maximum Gasteiger partial charge on any atom is 0.264 e. The number of carbonyl (C=O) groups excluding carboxylic acids is 1. The number of amides is 1. The van der Waals surface area contributed by atoms with Crippen molar-refractivity contribution in [3.05, 3.63) is 94.5 Å². The van der Waals surface area contributed by atoms with Gasteiger partial charge in [0.15, 0.2) is 0 Å². The average Bonchev–Trinajstić information content (AvgIpc) is 2.73. The van der Waals surface area contributed by atoms with Gasteiger partial charge in [0, 0.05) is 17.6 Å². The van der Waals surface area contributed by atoms with Crippen molar-refractivity contribution in [2.45, 2.75) is 24.8 Å². The lowest BCUT2D eigenvalue weighted by atomic mass is 10.0. The van der Waals surface area contributed by atoms with Crippen molar-refractivity contribution in [2.24, 2.45) is 0 Å². The topological polar surface area (TPSA) is 66.5 Å². The predicted molar refractivity (Wildman–Crippen MR) is 121 cm³/mol. The van der Waals surface area contributed by atoms with Gasteiger partial charge in [0.25, 0.3) is 15.9 Å². The molecule has 1 atom stereocenters. The van der Waals surface area contributed by atoms with E-state index in [4.69, 9.17) is 11.6 Å². The molecule has 0 fully saturated rings. The van der Waals surface area contributed by atoms with Crippen LogP contribution in [0.15, 0.2) is 77.7 Å². The third kappa shape index (κ3) is 4.66. The maximum atomic E-state index is 12.9. The first-order chi connectivity index (χ1) is 14.2. The lowest BCUT2D eigenvalue weighted by molar-refractivity contribution is 0.0940. The van der Waals surface area contributed by atoms with E-state index in [-0.39, 0.29) is 16.8 Å². The number of rotatable bonds is 6. The number of hydrogen-bond donors (Lipinski definition) is 1. The summed E-state index contributed by atoms with van der Waals surface area (Å²) >= 11 is 5.86. The van der Waals surface area contributed by atoms with Gasteiger partial charge in [-0.2, -0.15) is 0 Å². The third-order valence-corrected chi connectivity index (χ3v) is 7.00. The van der Waals surface area contributed by atoms with E-state index in [0.717, 1.165) is 15.4 Å². The summed E-state index contributed by atoms with van der Waals surface area (Å²) in [5.41, 5.74) is 2.89. The molecule has 0 aromatic heterocycles. The zero-order chi connectivity index (χ0) is 21.9. The fraction of sp³-hybridized carbons (Fsp3) is 0.174.